The quantitative estimate of drug-likeness (QED) is 0.836. The predicted octanol–water partition coefficient (Wildman–Crippen LogP) is 2.19. The number of hydrogen-bond acceptors (Lipinski definition) is 3. The lowest BCUT2D eigenvalue weighted by Gasteiger charge is -2.40. The maximum absolute atomic E-state index is 12.6. The number of amides is 1. The molecule has 1 amide bonds. The lowest BCUT2D eigenvalue weighted by atomic mass is 9.68. The van der Waals surface area contributed by atoms with Gasteiger partial charge < -0.3 is 10.0 Å². The van der Waals surface area contributed by atoms with E-state index in [0.29, 0.717) is 11.6 Å². The molecule has 1 saturated heterocycles. The molecule has 2 rings (SSSR count). The average Bonchev–Trinajstić information content (AvgIpc) is 2.76. The second kappa shape index (κ2) is 5.11. The molecule has 0 radical (unpaired) electrons. The fourth-order valence-corrected chi connectivity index (χ4v) is 4.17. The molecule has 1 saturated carbocycles. The Kier molecular flexibility index (Phi) is 3.90. The van der Waals surface area contributed by atoms with Gasteiger partial charge in [-0.3, -0.25) is 4.79 Å². The second-order valence-electron chi connectivity index (χ2n) is 5.95. The lowest BCUT2D eigenvalue weighted by molar-refractivity contribution is -0.152. The molecule has 0 bridgehead atoms. The lowest BCUT2D eigenvalue weighted by Crippen LogP contribution is -2.48. The van der Waals surface area contributed by atoms with E-state index >= 15 is 0 Å². The Bertz CT molecular complexity index is 356. The van der Waals surface area contributed by atoms with Gasteiger partial charge >= 0.3 is 5.97 Å². The molecule has 2 fully saturated rings. The van der Waals surface area contributed by atoms with Crippen LogP contribution in [0.1, 0.15) is 39.5 Å². The third kappa shape index (κ3) is 2.51. The fourth-order valence-electron chi connectivity index (χ4n) is 3.02. The van der Waals surface area contributed by atoms with Gasteiger partial charge in [0, 0.05) is 11.7 Å². The molecule has 1 unspecified atom stereocenters. The standard InChI is InChI=1S/C13H21NO3S/c1-13(2)6-4-3-5-9(13)11(15)14-8-18-7-10(14)12(16)17/h9-10H,3-8H2,1-2H3,(H,16,17)/t9?,10-/m0/s1. The molecule has 1 aliphatic carbocycles. The summed E-state index contributed by atoms with van der Waals surface area (Å²) in [5, 5.41) is 9.15. The Morgan fingerprint density at radius 3 is 2.67 bits per heavy atom. The summed E-state index contributed by atoms with van der Waals surface area (Å²) in [6.07, 6.45) is 4.22. The first-order valence-corrected chi connectivity index (χ1v) is 7.70. The summed E-state index contributed by atoms with van der Waals surface area (Å²) in [6, 6.07) is -0.625. The minimum Gasteiger partial charge on any atom is -0.480 e. The van der Waals surface area contributed by atoms with Crippen LogP contribution in [0.3, 0.4) is 0 Å². The van der Waals surface area contributed by atoms with E-state index in [4.69, 9.17) is 5.11 Å². The number of carboxylic acid groups (broad SMARTS) is 1. The summed E-state index contributed by atoms with van der Waals surface area (Å²) in [7, 11) is 0. The van der Waals surface area contributed by atoms with Crippen LogP contribution in [-0.2, 0) is 9.59 Å². The Hall–Kier alpha value is -0.710. The summed E-state index contributed by atoms with van der Waals surface area (Å²) >= 11 is 1.54. The number of carboxylic acids is 1. The van der Waals surface area contributed by atoms with Crippen molar-refractivity contribution < 1.29 is 14.7 Å². The predicted molar refractivity (Wildman–Crippen MR) is 71.3 cm³/mol. The molecular weight excluding hydrogens is 250 g/mol. The Morgan fingerprint density at radius 1 is 1.33 bits per heavy atom. The monoisotopic (exact) mass is 271 g/mol. The highest BCUT2D eigenvalue weighted by Gasteiger charge is 2.43. The van der Waals surface area contributed by atoms with Gasteiger partial charge in [-0.25, -0.2) is 4.79 Å². The maximum atomic E-state index is 12.6. The first-order valence-electron chi connectivity index (χ1n) is 6.54. The number of carbonyl (C=O) groups is 2. The van der Waals surface area contributed by atoms with Crippen LogP contribution in [0.15, 0.2) is 0 Å². The van der Waals surface area contributed by atoms with Crippen LogP contribution in [-0.4, -0.2) is 39.6 Å². The molecule has 102 valence electrons. The molecule has 18 heavy (non-hydrogen) atoms. The molecular formula is C13H21NO3S. The van der Waals surface area contributed by atoms with Crippen LogP contribution < -0.4 is 0 Å². The zero-order chi connectivity index (χ0) is 13.3. The zero-order valence-corrected chi connectivity index (χ0v) is 11.8. The van der Waals surface area contributed by atoms with E-state index in [1.165, 1.54) is 18.2 Å². The van der Waals surface area contributed by atoms with Crippen LogP contribution >= 0.6 is 11.8 Å². The van der Waals surface area contributed by atoms with Crippen molar-refractivity contribution in [1.29, 1.82) is 0 Å². The van der Waals surface area contributed by atoms with Gasteiger partial charge in [0.1, 0.15) is 6.04 Å². The molecule has 5 heteroatoms. The van der Waals surface area contributed by atoms with E-state index in [-0.39, 0.29) is 17.2 Å². The molecule has 0 aromatic rings. The molecule has 1 N–H and O–H groups in total. The van der Waals surface area contributed by atoms with Crippen molar-refractivity contribution in [1.82, 2.24) is 4.90 Å². The SMILES string of the molecule is CC1(C)CCCCC1C(=O)N1CSC[C@H]1C(=O)O. The van der Waals surface area contributed by atoms with Crippen molar-refractivity contribution in [2.24, 2.45) is 11.3 Å². The van der Waals surface area contributed by atoms with Crippen molar-refractivity contribution in [3.8, 4) is 0 Å². The van der Waals surface area contributed by atoms with E-state index in [0.717, 1.165) is 19.3 Å². The smallest absolute Gasteiger partial charge is 0.327 e. The van der Waals surface area contributed by atoms with E-state index < -0.39 is 12.0 Å². The zero-order valence-electron chi connectivity index (χ0n) is 11.0. The Balaban J connectivity index is 2.12. The summed E-state index contributed by atoms with van der Waals surface area (Å²) in [4.78, 5) is 25.3. The van der Waals surface area contributed by atoms with Crippen LogP contribution in [0, 0.1) is 11.3 Å². The van der Waals surface area contributed by atoms with Crippen molar-refractivity contribution in [3.05, 3.63) is 0 Å². The topological polar surface area (TPSA) is 57.6 Å². The molecule has 2 aliphatic rings. The summed E-state index contributed by atoms with van der Waals surface area (Å²) in [5.41, 5.74) is 0.00560. The first-order chi connectivity index (χ1) is 8.43. The molecule has 2 atom stereocenters. The largest absolute Gasteiger partial charge is 0.480 e. The molecule has 0 spiro atoms. The van der Waals surface area contributed by atoms with Crippen LogP contribution in [0.4, 0.5) is 0 Å². The highest BCUT2D eigenvalue weighted by atomic mass is 32.2. The Morgan fingerprint density at radius 2 is 2.06 bits per heavy atom. The minimum atomic E-state index is -0.873. The number of hydrogen-bond donors (Lipinski definition) is 1. The summed E-state index contributed by atoms with van der Waals surface area (Å²) < 4.78 is 0. The van der Waals surface area contributed by atoms with E-state index in [9.17, 15) is 9.59 Å². The van der Waals surface area contributed by atoms with Crippen LogP contribution in [0.25, 0.3) is 0 Å². The second-order valence-corrected chi connectivity index (χ2v) is 6.95. The molecule has 1 aliphatic heterocycles. The number of aliphatic carboxylic acids is 1. The van der Waals surface area contributed by atoms with Crippen molar-refractivity contribution >= 4 is 23.6 Å². The fraction of sp³-hybridized carbons (Fsp3) is 0.846. The number of thioether (sulfide) groups is 1. The number of rotatable bonds is 2. The molecule has 0 aromatic heterocycles. The van der Waals surface area contributed by atoms with Gasteiger partial charge in [-0.2, -0.15) is 0 Å². The summed E-state index contributed by atoms with van der Waals surface area (Å²) in [5.74, 6) is 0.224. The first kappa shape index (κ1) is 13.7. The van der Waals surface area contributed by atoms with Gasteiger partial charge in [0.05, 0.1) is 5.88 Å². The van der Waals surface area contributed by atoms with Crippen molar-refractivity contribution in [2.75, 3.05) is 11.6 Å². The third-order valence-electron chi connectivity index (χ3n) is 4.26. The average molecular weight is 271 g/mol. The van der Waals surface area contributed by atoms with Gasteiger partial charge in [-0.15, -0.1) is 11.8 Å². The third-order valence-corrected chi connectivity index (χ3v) is 5.27. The van der Waals surface area contributed by atoms with Gasteiger partial charge in [0.15, 0.2) is 0 Å². The van der Waals surface area contributed by atoms with Crippen molar-refractivity contribution in [2.45, 2.75) is 45.6 Å². The Labute approximate surface area is 112 Å². The van der Waals surface area contributed by atoms with Gasteiger partial charge in [-0.1, -0.05) is 26.7 Å². The maximum Gasteiger partial charge on any atom is 0.327 e. The van der Waals surface area contributed by atoms with Crippen LogP contribution in [0.5, 0.6) is 0 Å². The van der Waals surface area contributed by atoms with Crippen molar-refractivity contribution in [3.63, 3.8) is 0 Å². The normalized spacial score (nSPS) is 31.3. The van der Waals surface area contributed by atoms with Crippen LogP contribution in [0.2, 0.25) is 0 Å². The van der Waals surface area contributed by atoms with E-state index in [1.807, 2.05) is 0 Å². The number of carbonyl (C=O) groups excluding carboxylic acids is 1. The minimum absolute atomic E-state index is 0.00560. The summed E-state index contributed by atoms with van der Waals surface area (Å²) in [6.45, 7) is 4.27. The molecule has 1 heterocycles. The van der Waals surface area contributed by atoms with Gasteiger partial charge in [-0.05, 0) is 18.3 Å². The van der Waals surface area contributed by atoms with Gasteiger partial charge in [0.2, 0.25) is 5.91 Å². The molecule has 4 nitrogen and oxygen atoms in total. The van der Waals surface area contributed by atoms with Gasteiger partial charge in [0.25, 0.3) is 0 Å². The number of nitrogens with zero attached hydrogens (tertiary/aromatic N) is 1. The molecule has 0 aromatic carbocycles. The highest BCUT2D eigenvalue weighted by Crippen LogP contribution is 2.42. The van der Waals surface area contributed by atoms with E-state index in [1.54, 1.807) is 4.90 Å². The highest BCUT2D eigenvalue weighted by molar-refractivity contribution is 7.99. The van der Waals surface area contributed by atoms with E-state index in [2.05, 4.69) is 13.8 Å².